The Morgan fingerprint density at radius 3 is 2.12 bits per heavy atom. The van der Waals surface area contributed by atoms with Gasteiger partial charge in [0.05, 0.1) is 0 Å². The number of carbonyl (C=O) groups excluding carboxylic acids is 1. The topological polar surface area (TPSA) is 66.8 Å². The van der Waals surface area contributed by atoms with Gasteiger partial charge in [0, 0.05) is 19.0 Å². The number of amides is 1. The van der Waals surface area contributed by atoms with Crippen LogP contribution in [0.4, 0.5) is 4.79 Å². The van der Waals surface area contributed by atoms with Crippen LogP contribution in [0.25, 0.3) is 11.1 Å². The number of hydrogen-bond acceptors (Lipinski definition) is 3. The summed E-state index contributed by atoms with van der Waals surface area (Å²) < 4.78 is 5.56. The second-order valence-electron chi connectivity index (χ2n) is 7.10. The van der Waals surface area contributed by atoms with E-state index in [9.17, 15) is 14.7 Å². The van der Waals surface area contributed by atoms with Crippen molar-refractivity contribution in [3.8, 4) is 11.1 Å². The van der Waals surface area contributed by atoms with Crippen molar-refractivity contribution in [2.24, 2.45) is 5.41 Å². The fourth-order valence-electron chi connectivity index (χ4n) is 4.01. The summed E-state index contributed by atoms with van der Waals surface area (Å²) in [6, 6.07) is 16.4. The second-order valence-corrected chi connectivity index (χ2v) is 7.10. The summed E-state index contributed by atoms with van der Waals surface area (Å²) in [5, 5.41) is 9.33. The molecular weight excluding hydrogens is 330 g/mol. The van der Waals surface area contributed by atoms with Crippen molar-refractivity contribution < 1.29 is 19.4 Å². The molecule has 0 atom stereocenters. The van der Waals surface area contributed by atoms with Gasteiger partial charge in [-0.2, -0.15) is 0 Å². The van der Waals surface area contributed by atoms with E-state index in [-0.39, 0.29) is 25.6 Å². The minimum Gasteiger partial charge on any atom is -0.481 e. The van der Waals surface area contributed by atoms with Gasteiger partial charge in [0.1, 0.15) is 12.0 Å². The summed E-state index contributed by atoms with van der Waals surface area (Å²) in [6.07, 6.45) is 0.0763. The molecule has 1 N–H and O–H groups in total. The fourth-order valence-corrected chi connectivity index (χ4v) is 4.01. The molecule has 0 saturated carbocycles. The van der Waals surface area contributed by atoms with Crippen LogP contribution in [0.15, 0.2) is 48.5 Å². The quantitative estimate of drug-likeness (QED) is 0.911. The predicted molar refractivity (Wildman–Crippen MR) is 97.0 cm³/mol. The van der Waals surface area contributed by atoms with E-state index in [4.69, 9.17) is 4.74 Å². The second kappa shape index (κ2) is 6.16. The molecule has 0 unspecified atom stereocenters. The Balaban J connectivity index is 1.46. The van der Waals surface area contributed by atoms with Crippen molar-refractivity contribution in [3.63, 3.8) is 0 Å². The van der Waals surface area contributed by atoms with Crippen molar-refractivity contribution in [1.29, 1.82) is 0 Å². The summed E-state index contributed by atoms with van der Waals surface area (Å²) in [4.78, 5) is 25.2. The average Bonchev–Trinajstić information content (AvgIpc) is 2.93. The minimum atomic E-state index is -0.845. The lowest BCUT2D eigenvalue weighted by Gasteiger charge is -2.45. The van der Waals surface area contributed by atoms with E-state index >= 15 is 0 Å². The standard InChI is InChI=1S/C21H21NO4/c1-2-21(19(23)24)12-22(13-21)20(25)26-11-18-16-9-5-3-7-14(16)15-8-4-6-10-17(15)18/h3-10,18H,2,11-13H2,1H3,(H,23,24). The van der Waals surface area contributed by atoms with Crippen molar-refractivity contribution in [1.82, 2.24) is 4.90 Å². The summed E-state index contributed by atoms with van der Waals surface area (Å²) in [5.74, 6) is -0.828. The molecule has 2 aromatic carbocycles. The molecule has 1 fully saturated rings. The molecule has 1 saturated heterocycles. The maximum absolute atomic E-state index is 12.3. The lowest BCUT2D eigenvalue weighted by molar-refractivity contribution is -0.159. The van der Waals surface area contributed by atoms with Gasteiger partial charge in [-0.15, -0.1) is 0 Å². The predicted octanol–water partition coefficient (Wildman–Crippen LogP) is 3.73. The number of fused-ring (bicyclic) bond motifs is 3. The van der Waals surface area contributed by atoms with Crippen LogP contribution < -0.4 is 0 Å². The van der Waals surface area contributed by atoms with Gasteiger partial charge in [-0.25, -0.2) is 4.79 Å². The molecule has 134 valence electrons. The Morgan fingerprint density at radius 1 is 1.08 bits per heavy atom. The number of aliphatic carboxylic acids is 1. The number of hydrogen-bond donors (Lipinski definition) is 1. The summed E-state index contributed by atoms with van der Waals surface area (Å²) in [7, 11) is 0. The highest BCUT2D eigenvalue weighted by Gasteiger charge is 2.50. The van der Waals surface area contributed by atoms with Gasteiger partial charge in [-0.05, 0) is 28.7 Å². The van der Waals surface area contributed by atoms with Crippen molar-refractivity contribution >= 4 is 12.1 Å². The normalized spacial score (nSPS) is 17.2. The molecule has 0 aromatic heterocycles. The summed E-state index contributed by atoms with van der Waals surface area (Å²) in [6.45, 7) is 2.53. The Morgan fingerprint density at radius 2 is 1.62 bits per heavy atom. The number of carbonyl (C=O) groups is 2. The smallest absolute Gasteiger partial charge is 0.409 e. The first-order chi connectivity index (χ1) is 12.6. The van der Waals surface area contributed by atoms with E-state index in [0.29, 0.717) is 6.42 Å². The molecular formula is C21H21NO4. The van der Waals surface area contributed by atoms with Crippen molar-refractivity contribution in [2.75, 3.05) is 19.7 Å². The molecule has 0 radical (unpaired) electrons. The van der Waals surface area contributed by atoms with Crippen LogP contribution in [0.5, 0.6) is 0 Å². The molecule has 0 spiro atoms. The number of likely N-dealkylation sites (tertiary alicyclic amines) is 1. The number of nitrogens with zero attached hydrogens (tertiary/aromatic N) is 1. The van der Waals surface area contributed by atoms with Gasteiger partial charge >= 0.3 is 12.1 Å². The van der Waals surface area contributed by atoms with Crippen LogP contribution in [-0.4, -0.2) is 41.8 Å². The molecule has 26 heavy (non-hydrogen) atoms. The molecule has 2 aliphatic rings. The highest BCUT2D eigenvalue weighted by Crippen LogP contribution is 2.44. The van der Waals surface area contributed by atoms with Crippen LogP contribution in [0.1, 0.15) is 30.4 Å². The molecule has 1 aliphatic heterocycles. The Bertz CT molecular complexity index is 824. The number of carboxylic acid groups (broad SMARTS) is 1. The van der Waals surface area contributed by atoms with Crippen LogP contribution >= 0.6 is 0 Å². The first-order valence-electron chi connectivity index (χ1n) is 8.89. The number of carboxylic acids is 1. The lowest BCUT2D eigenvalue weighted by atomic mass is 9.78. The highest BCUT2D eigenvalue weighted by atomic mass is 16.6. The maximum atomic E-state index is 12.3. The molecule has 5 heteroatoms. The Hall–Kier alpha value is -2.82. The maximum Gasteiger partial charge on any atom is 0.409 e. The highest BCUT2D eigenvalue weighted by molar-refractivity contribution is 5.81. The molecule has 0 bridgehead atoms. The van der Waals surface area contributed by atoms with Crippen molar-refractivity contribution in [2.45, 2.75) is 19.3 Å². The van der Waals surface area contributed by atoms with Gasteiger partial charge in [0.2, 0.25) is 0 Å². The Kier molecular flexibility index (Phi) is 3.94. The first kappa shape index (κ1) is 16.6. The van der Waals surface area contributed by atoms with Crippen LogP contribution in [0.2, 0.25) is 0 Å². The first-order valence-corrected chi connectivity index (χ1v) is 8.89. The van der Waals surface area contributed by atoms with E-state index in [1.165, 1.54) is 27.2 Å². The molecule has 2 aromatic rings. The van der Waals surface area contributed by atoms with Gasteiger partial charge < -0.3 is 14.7 Å². The van der Waals surface area contributed by atoms with Crippen LogP contribution in [0.3, 0.4) is 0 Å². The number of ether oxygens (including phenoxy) is 1. The molecule has 1 aliphatic carbocycles. The average molecular weight is 351 g/mol. The molecule has 1 heterocycles. The van der Waals surface area contributed by atoms with Gasteiger partial charge in [-0.1, -0.05) is 55.5 Å². The third-order valence-electron chi connectivity index (χ3n) is 5.71. The van der Waals surface area contributed by atoms with Gasteiger partial charge in [0.15, 0.2) is 0 Å². The van der Waals surface area contributed by atoms with E-state index in [0.717, 1.165) is 0 Å². The van der Waals surface area contributed by atoms with Gasteiger partial charge in [-0.3, -0.25) is 4.79 Å². The molecule has 5 nitrogen and oxygen atoms in total. The number of benzene rings is 2. The Labute approximate surface area is 152 Å². The van der Waals surface area contributed by atoms with Gasteiger partial charge in [0.25, 0.3) is 0 Å². The van der Waals surface area contributed by atoms with E-state index in [1.54, 1.807) is 0 Å². The van der Waals surface area contributed by atoms with Crippen molar-refractivity contribution in [3.05, 3.63) is 59.7 Å². The zero-order valence-corrected chi connectivity index (χ0v) is 14.6. The third kappa shape index (κ3) is 2.46. The van der Waals surface area contributed by atoms with E-state index < -0.39 is 17.5 Å². The zero-order valence-electron chi connectivity index (χ0n) is 14.6. The molecule has 1 amide bonds. The van der Waals surface area contributed by atoms with E-state index in [2.05, 4.69) is 24.3 Å². The summed E-state index contributed by atoms with van der Waals surface area (Å²) >= 11 is 0. The zero-order chi connectivity index (χ0) is 18.3. The fraction of sp³-hybridized carbons (Fsp3) is 0.333. The monoisotopic (exact) mass is 351 g/mol. The molecule has 4 rings (SSSR count). The van der Waals surface area contributed by atoms with E-state index in [1.807, 2.05) is 31.2 Å². The lowest BCUT2D eigenvalue weighted by Crippen LogP contribution is -2.62. The SMILES string of the molecule is CCC1(C(=O)O)CN(C(=O)OCC2c3ccccc3-c3ccccc32)C1. The van der Waals surface area contributed by atoms with Crippen LogP contribution in [-0.2, 0) is 9.53 Å². The largest absolute Gasteiger partial charge is 0.481 e. The summed E-state index contributed by atoms with van der Waals surface area (Å²) in [5.41, 5.74) is 3.89. The number of rotatable bonds is 4. The third-order valence-corrected chi connectivity index (χ3v) is 5.71. The van der Waals surface area contributed by atoms with Crippen LogP contribution in [0, 0.1) is 5.41 Å². The minimum absolute atomic E-state index is 0.0167.